The Morgan fingerprint density at radius 3 is 2.27 bits per heavy atom. The van der Waals surface area contributed by atoms with Crippen LogP contribution < -0.4 is 14.8 Å². The van der Waals surface area contributed by atoms with E-state index in [0.717, 1.165) is 11.1 Å². The second-order valence-electron chi connectivity index (χ2n) is 4.83. The molecule has 1 amide bonds. The van der Waals surface area contributed by atoms with Gasteiger partial charge in [-0.2, -0.15) is 0 Å². The fourth-order valence-corrected chi connectivity index (χ4v) is 2.11. The van der Waals surface area contributed by atoms with E-state index in [0.29, 0.717) is 23.6 Å². The van der Waals surface area contributed by atoms with E-state index in [1.54, 1.807) is 31.4 Å². The first-order valence-corrected chi connectivity index (χ1v) is 6.80. The van der Waals surface area contributed by atoms with Crippen molar-refractivity contribution >= 4 is 5.91 Å². The summed E-state index contributed by atoms with van der Waals surface area (Å²) in [5.74, 6) is 0.559. The number of amides is 1. The molecule has 2 aromatic rings. The van der Waals surface area contributed by atoms with Crippen molar-refractivity contribution in [2.24, 2.45) is 0 Å². The second kappa shape index (κ2) is 6.93. The molecule has 0 aromatic heterocycles. The molecular formula is C17H18FNO3. The predicted molar refractivity (Wildman–Crippen MR) is 81.9 cm³/mol. The molecule has 22 heavy (non-hydrogen) atoms. The van der Waals surface area contributed by atoms with Gasteiger partial charge in [0.1, 0.15) is 5.82 Å². The lowest BCUT2D eigenvalue weighted by atomic mass is 10.1. The number of hydrogen-bond donors (Lipinski definition) is 1. The van der Waals surface area contributed by atoms with Gasteiger partial charge < -0.3 is 14.8 Å². The van der Waals surface area contributed by atoms with Crippen molar-refractivity contribution in [1.82, 2.24) is 5.32 Å². The van der Waals surface area contributed by atoms with Crippen molar-refractivity contribution in [2.45, 2.75) is 13.5 Å². The third-order valence-electron chi connectivity index (χ3n) is 3.34. The maximum atomic E-state index is 12.8. The Labute approximate surface area is 128 Å². The topological polar surface area (TPSA) is 47.6 Å². The van der Waals surface area contributed by atoms with Gasteiger partial charge in [-0.1, -0.05) is 12.1 Å². The van der Waals surface area contributed by atoms with E-state index >= 15 is 0 Å². The number of benzene rings is 2. The highest BCUT2D eigenvalue weighted by Crippen LogP contribution is 2.30. The summed E-state index contributed by atoms with van der Waals surface area (Å²) in [6, 6.07) is 9.40. The summed E-state index contributed by atoms with van der Waals surface area (Å²) in [6.45, 7) is 2.15. The molecule has 2 rings (SSSR count). The zero-order valence-corrected chi connectivity index (χ0v) is 12.8. The number of nitrogens with one attached hydrogen (secondary N) is 1. The summed E-state index contributed by atoms with van der Waals surface area (Å²) in [6.07, 6.45) is 0. The minimum absolute atomic E-state index is 0.220. The third-order valence-corrected chi connectivity index (χ3v) is 3.34. The van der Waals surface area contributed by atoms with Gasteiger partial charge in [-0.25, -0.2) is 4.39 Å². The molecule has 0 spiro atoms. The van der Waals surface area contributed by atoms with Crippen molar-refractivity contribution in [3.63, 3.8) is 0 Å². The molecule has 5 heteroatoms. The van der Waals surface area contributed by atoms with E-state index in [2.05, 4.69) is 5.32 Å². The number of halogens is 1. The normalized spacial score (nSPS) is 10.2. The first-order valence-electron chi connectivity index (χ1n) is 6.80. The number of carbonyl (C=O) groups is 1. The Kier molecular flexibility index (Phi) is 4.99. The highest BCUT2D eigenvalue weighted by Gasteiger charge is 2.14. The summed E-state index contributed by atoms with van der Waals surface area (Å²) in [5, 5.41) is 2.81. The van der Waals surface area contributed by atoms with Crippen LogP contribution in [-0.4, -0.2) is 20.1 Å². The van der Waals surface area contributed by atoms with Gasteiger partial charge in [-0.05, 0) is 42.3 Å². The van der Waals surface area contributed by atoms with Crippen LogP contribution in [0, 0.1) is 12.7 Å². The average Bonchev–Trinajstić information content (AvgIpc) is 2.53. The van der Waals surface area contributed by atoms with Crippen LogP contribution in [0.25, 0.3) is 0 Å². The highest BCUT2D eigenvalue weighted by atomic mass is 19.1. The van der Waals surface area contributed by atoms with E-state index in [1.807, 2.05) is 6.92 Å². The molecule has 0 unspecified atom stereocenters. The molecule has 4 nitrogen and oxygen atoms in total. The second-order valence-corrected chi connectivity index (χ2v) is 4.83. The molecule has 0 aliphatic heterocycles. The van der Waals surface area contributed by atoms with Crippen LogP contribution in [0.2, 0.25) is 0 Å². The van der Waals surface area contributed by atoms with Crippen molar-refractivity contribution in [3.8, 4) is 11.5 Å². The smallest absolute Gasteiger partial charge is 0.251 e. The molecule has 0 bridgehead atoms. The Hall–Kier alpha value is -2.56. The predicted octanol–water partition coefficient (Wildman–Crippen LogP) is 3.08. The molecule has 0 saturated carbocycles. The van der Waals surface area contributed by atoms with Crippen LogP contribution in [0.4, 0.5) is 4.39 Å². The SMILES string of the molecule is COc1cc(C)c(C(=O)NCc2ccc(F)cc2)cc1OC. The van der Waals surface area contributed by atoms with Crippen LogP contribution in [-0.2, 0) is 6.54 Å². The lowest BCUT2D eigenvalue weighted by molar-refractivity contribution is 0.0950. The number of ether oxygens (including phenoxy) is 2. The minimum Gasteiger partial charge on any atom is -0.493 e. The van der Waals surface area contributed by atoms with E-state index in [1.165, 1.54) is 19.2 Å². The number of hydrogen-bond acceptors (Lipinski definition) is 3. The molecule has 0 aliphatic carbocycles. The Morgan fingerprint density at radius 2 is 1.68 bits per heavy atom. The van der Waals surface area contributed by atoms with Crippen molar-refractivity contribution in [3.05, 3.63) is 58.9 Å². The summed E-state index contributed by atoms with van der Waals surface area (Å²) >= 11 is 0. The first-order chi connectivity index (χ1) is 10.5. The summed E-state index contributed by atoms with van der Waals surface area (Å²) in [4.78, 5) is 12.3. The largest absolute Gasteiger partial charge is 0.493 e. The fraction of sp³-hybridized carbons (Fsp3) is 0.235. The Balaban J connectivity index is 2.13. The molecule has 0 heterocycles. The van der Waals surface area contributed by atoms with E-state index in [9.17, 15) is 9.18 Å². The molecule has 0 radical (unpaired) electrons. The van der Waals surface area contributed by atoms with Crippen LogP contribution in [0.15, 0.2) is 36.4 Å². The van der Waals surface area contributed by atoms with Crippen molar-refractivity contribution in [2.75, 3.05) is 14.2 Å². The molecule has 0 aliphatic rings. The monoisotopic (exact) mass is 303 g/mol. The fourth-order valence-electron chi connectivity index (χ4n) is 2.11. The molecule has 1 N–H and O–H groups in total. The van der Waals surface area contributed by atoms with Gasteiger partial charge in [0.25, 0.3) is 5.91 Å². The van der Waals surface area contributed by atoms with Gasteiger partial charge in [0.2, 0.25) is 0 Å². The number of aryl methyl sites for hydroxylation is 1. The standard InChI is InChI=1S/C17H18FNO3/c1-11-8-15(21-2)16(22-3)9-14(11)17(20)19-10-12-4-6-13(18)7-5-12/h4-9H,10H2,1-3H3,(H,19,20). The van der Waals surface area contributed by atoms with Gasteiger partial charge in [0.05, 0.1) is 14.2 Å². The summed E-state index contributed by atoms with van der Waals surface area (Å²) < 4.78 is 23.3. The molecule has 0 fully saturated rings. The molecule has 116 valence electrons. The Bertz CT molecular complexity index is 668. The maximum absolute atomic E-state index is 12.8. The third kappa shape index (κ3) is 3.55. The lowest BCUT2D eigenvalue weighted by Gasteiger charge is -2.13. The molecular weight excluding hydrogens is 285 g/mol. The van der Waals surface area contributed by atoms with Gasteiger partial charge in [0, 0.05) is 12.1 Å². The van der Waals surface area contributed by atoms with Crippen LogP contribution in [0.5, 0.6) is 11.5 Å². The van der Waals surface area contributed by atoms with Gasteiger partial charge in [0.15, 0.2) is 11.5 Å². The summed E-state index contributed by atoms with van der Waals surface area (Å²) in [5.41, 5.74) is 2.13. The van der Waals surface area contributed by atoms with Gasteiger partial charge in [-0.3, -0.25) is 4.79 Å². The maximum Gasteiger partial charge on any atom is 0.251 e. The van der Waals surface area contributed by atoms with E-state index in [-0.39, 0.29) is 11.7 Å². The van der Waals surface area contributed by atoms with Crippen molar-refractivity contribution < 1.29 is 18.7 Å². The van der Waals surface area contributed by atoms with Gasteiger partial charge in [-0.15, -0.1) is 0 Å². The van der Waals surface area contributed by atoms with Crippen LogP contribution in [0.1, 0.15) is 21.5 Å². The molecule has 0 atom stereocenters. The van der Waals surface area contributed by atoms with E-state index < -0.39 is 0 Å². The first kappa shape index (κ1) is 15.8. The number of carbonyl (C=O) groups excluding carboxylic acids is 1. The van der Waals surface area contributed by atoms with Gasteiger partial charge >= 0.3 is 0 Å². The zero-order valence-electron chi connectivity index (χ0n) is 12.8. The van der Waals surface area contributed by atoms with Crippen LogP contribution >= 0.6 is 0 Å². The Morgan fingerprint density at radius 1 is 1.09 bits per heavy atom. The zero-order chi connectivity index (χ0) is 16.1. The van der Waals surface area contributed by atoms with Crippen LogP contribution in [0.3, 0.4) is 0 Å². The van der Waals surface area contributed by atoms with Crippen molar-refractivity contribution in [1.29, 1.82) is 0 Å². The lowest BCUT2D eigenvalue weighted by Crippen LogP contribution is -2.23. The molecule has 2 aromatic carbocycles. The average molecular weight is 303 g/mol. The summed E-state index contributed by atoms with van der Waals surface area (Å²) in [7, 11) is 3.07. The number of rotatable bonds is 5. The highest BCUT2D eigenvalue weighted by molar-refractivity contribution is 5.96. The number of methoxy groups -OCH3 is 2. The van der Waals surface area contributed by atoms with E-state index in [4.69, 9.17) is 9.47 Å². The minimum atomic E-state index is -0.300. The quantitative estimate of drug-likeness (QED) is 0.923. The molecule has 0 saturated heterocycles.